The van der Waals surface area contributed by atoms with Crippen molar-refractivity contribution in [3.8, 4) is 0 Å². The monoisotopic (exact) mass is 242 g/mol. The fraction of sp³-hybridized carbons (Fsp3) is 0.636. The molecule has 0 spiro atoms. The summed E-state index contributed by atoms with van der Waals surface area (Å²) >= 11 is 0. The maximum Gasteiger partial charge on any atom is 0.307 e. The van der Waals surface area contributed by atoms with Crippen molar-refractivity contribution in [2.75, 3.05) is 19.8 Å². The van der Waals surface area contributed by atoms with E-state index >= 15 is 0 Å². The lowest BCUT2D eigenvalue weighted by Gasteiger charge is -2.05. The minimum atomic E-state index is -0.854. The molecule has 0 amide bonds. The van der Waals surface area contributed by atoms with E-state index in [1.165, 1.54) is 0 Å². The number of hydrogen-bond acceptors (Lipinski definition) is 4. The van der Waals surface area contributed by atoms with Crippen LogP contribution in [0.4, 0.5) is 0 Å². The Hall–Kier alpha value is -1.40. The third-order valence-corrected chi connectivity index (χ3v) is 2.54. The summed E-state index contributed by atoms with van der Waals surface area (Å²) in [5, 5.41) is 21.6. The minimum absolute atomic E-state index is 0.00137. The normalized spacial score (nSPS) is 10.8. The Morgan fingerprint density at radius 1 is 1.41 bits per heavy atom. The maximum absolute atomic E-state index is 10.7. The predicted octanol–water partition coefficient (Wildman–Crippen LogP) is 0.136. The van der Waals surface area contributed by atoms with Crippen LogP contribution in [0.3, 0.4) is 0 Å². The van der Waals surface area contributed by atoms with E-state index in [0.29, 0.717) is 19.8 Å². The Labute approximate surface area is 99.8 Å². The first-order valence-electron chi connectivity index (χ1n) is 5.49. The molecule has 2 N–H and O–H groups in total. The van der Waals surface area contributed by atoms with Gasteiger partial charge in [0.1, 0.15) is 0 Å². The van der Waals surface area contributed by atoms with Gasteiger partial charge in [0.05, 0.1) is 38.5 Å². The number of hydrogen-bond donors (Lipinski definition) is 2. The van der Waals surface area contributed by atoms with Crippen LogP contribution in [0.15, 0.2) is 0 Å². The Morgan fingerprint density at radius 3 is 2.71 bits per heavy atom. The van der Waals surface area contributed by atoms with Gasteiger partial charge < -0.3 is 14.9 Å². The van der Waals surface area contributed by atoms with Gasteiger partial charge >= 0.3 is 5.97 Å². The van der Waals surface area contributed by atoms with Crippen LogP contribution in [0.2, 0.25) is 0 Å². The molecule has 0 aliphatic rings. The van der Waals surface area contributed by atoms with Crippen LogP contribution in [-0.4, -0.2) is 45.8 Å². The second kappa shape index (κ2) is 6.36. The van der Waals surface area contributed by atoms with E-state index in [9.17, 15) is 4.79 Å². The summed E-state index contributed by atoms with van der Waals surface area (Å²) in [6, 6.07) is 0. The molecule has 17 heavy (non-hydrogen) atoms. The average molecular weight is 242 g/mol. The molecule has 6 nitrogen and oxygen atoms in total. The van der Waals surface area contributed by atoms with Gasteiger partial charge in [-0.05, 0) is 13.8 Å². The van der Waals surface area contributed by atoms with Crippen molar-refractivity contribution < 1.29 is 19.7 Å². The fourth-order valence-corrected chi connectivity index (χ4v) is 1.68. The standard InChI is InChI=1S/C11H18N2O4/c1-8-10(7-11(15)16)9(2)13(12-8)3-5-17-6-4-14/h14H,3-7H2,1-2H3,(H,15,16). The van der Waals surface area contributed by atoms with Gasteiger partial charge in [-0.25, -0.2) is 0 Å². The largest absolute Gasteiger partial charge is 0.481 e. The molecule has 0 radical (unpaired) electrons. The van der Waals surface area contributed by atoms with Gasteiger partial charge in [-0.3, -0.25) is 9.48 Å². The van der Waals surface area contributed by atoms with Crippen LogP contribution >= 0.6 is 0 Å². The molecule has 96 valence electrons. The Kier molecular flexibility index (Phi) is 5.11. The van der Waals surface area contributed by atoms with Crippen LogP contribution in [0.1, 0.15) is 17.0 Å². The van der Waals surface area contributed by atoms with Crippen molar-refractivity contribution in [3.63, 3.8) is 0 Å². The average Bonchev–Trinajstić information content (AvgIpc) is 2.52. The lowest BCUT2D eigenvalue weighted by Crippen LogP contribution is -2.11. The Morgan fingerprint density at radius 2 is 2.12 bits per heavy atom. The van der Waals surface area contributed by atoms with Crippen molar-refractivity contribution in [3.05, 3.63) is 17.0 Å². The third kappa shape index (κ3) is 3.83. The number of carboxylic acid groups (broad SMARTS) is 1. The minimum Gasteiger partial charge on any atom is -0.481 e. The SMILES string of the molecule is Cc1nn(CCOCCO)c(C)c1CC(=O)O. The predicted molar refractivity (Wildman–Crippen MR) is 60.9 cm³/mol. The summed E-state index contributed by atoms with van der Waals surface area (Å²) in [6.45, 7) is 4.98. The van der Waals surface area contributed by atoms with Crippen LogP contribution in [0.25, 0.3) is 0 Å². The number of aliphatic hydroxyl groups excluding tert-OH is 1. The number of rotatable bonds is 7. The topological polar surface area (TPSA) is 84.6 Å². The van der Waals surface area contributed by atoms with Gasteiger partial charge in [-0.1, -0.05) is 0 Å². The van der Waals surface area contributed by atoms with Gasteiger partial charge in [-0.2, -0.15) is 5.10 Å². The lowest BCUT2D eigenvalue weighted by molar-refractivity contribution is -0.136. The molecule has 0 saturated heterocycles. The fourth-order valence-electron chi connectivity index (χ4n) is 1.68. The number of nitrogens with zero attached hydrogens (tertiary/aromatic N) is 2. The zero-order valence-electron chi connectivity index (χ0n) is 10.1. The molecule has 0 saturated carbocycles. The van der Waals surface area contributed by atoms with E-state index in [0.717, 1.165) is 17.0 Å². The highest BCUT2D eigenvalue weighted by Gasteiger charge is 2.13. The summed E-state index contributed by atoms with van der Waals surface area (Å²) in [7, 11) is 0. The Balaban J connectivity index is 2.64. The molecule has 0 atom stereocenters. The highest BCUT2D eigenvalue weighted by atomic mass is 16.5. The van der Waals surface area contributed by atoms with Crippen LogP contribution in [0, 0.1) is 13.8 Å². The van der Waals surface area contributed by atoms with Gasteiger partial charge in [0.25, 0.3) is 0 Å². The molecule has 0 aromatic carbocycles. The first-order chi connectivity index (χ1) is 8.06. The molecule has 0 fully saturated rings. The molecule has 0 aliphatic heterocycles. The van der Waals surface area contributed by atoms with Crippen LogP contribution in [0.5, 0.6) is 0 Å². The molecule has 1 aromatic heterocycles. The van der Waals surface area contributed by atoms with Crippen molar-refractivity contribution >= 4 is 5.97 Å². The number of aryl methyl sites for hydroxylation is 1. The third-order valence-electron chi connectivity index (χ3n) is 2.54. The number of ether oxygens (including phenoxy) is 1. The van der Waals surface area contributed by atoms with E-state index in [4.69, 9.17) is 14.9 Å². The zero-order chi connectivity index (χ0) is 12.8. The summed E-state index contributed by atoms with van der Waals surface area (Å²) in [5.41, 5.74) is 2.37. The summed E-state index contributed by atoms with van der Waals surface area (Å²) in [6.07, 6.45) is -0.00480. The highest BCUT2D eigenvalue weighted by Crippen LogP contribution is 2.13. The van der Waals surface area contributed by atoms with Gasteiger partial charge in [0.2, 0.25) is 0 Å². The molecule has 6 heteroatoms. The molecule has 0 aliphatic carbocycles. The summed E-state index contributed by atoms with van der Waals surface area (Å²) in [5.74, 6) is -0.854. The molecule has 0 unspecified atom stereocenters. The van der Waals surface area contributed by atoms with E-state index in [-0.39, 0.29) is 13.0 Å². The lowest BCUT2D eigenvalue weighted by atomic mass is 10.1. The summed E-state index contributed by atoms with van der Waals surface area (Å²) < 4.78 is 6.89. The first-order valence-corrected chi connectivity index (χ1v) is 5.49. The second-order valence-corrected chi connectivity index (χ2v) is 3.78. The quantitative estimate of drug-likeness (QED) is 0.664. The van der Waals surface area contributed by atoms with E-state index < -0.39 is 5.97 Å². The Bertz CT molecular complexity index is 387. The van der Waals surface area contributed by atoms with Gasteiger partial charge in [0, 0.05) is 11.3 Å². The number of carbonyl (C=O) groups is 1. The van der Waals surface area contributed by atoms with Crippen molar-refractivity contribution in [2.45, 2.75) is 26.8 Å². The second-order valence-electron chi connectivity index (χ2n) is 3.78. The van der Waals surface area contributed by atoms with Crippen molar-refractivity contribution in [1.82, 2.24) is 9.78 Å². The molecule has 1 rings (SSSR count). The maximum atomic E-state index is 10.7. The van der Waals surface area contributed by atoms with Crippen LogP contribution in [-0.2, 0) is 22.5 Å². The smallest absolute Gasteiger partial charge is 0.307 e. The van der Waals surface area contributed by atoms with Crippen molar-refractivity contribution in [1.29, 1.82) is 0 Å². The molecular formula is C11H18N2O4. The number of aliphatic carboxylic acids is 1. The highest BCUT2D eigenvalue weighted by molar-refractivity contribution is 5.70. The molecule has 1 heterocycles. The number of aliphatic hydroxyl groups is 1. The van der Waals surface area contributed by atoms with Crippen molar-refractivity contribution in [2.24, 2.45) is 0 Å². The number of carboxylic acids is 1. The van der Waals surface area contributed by atoms with E-state index in [1.54, 1.807) is 11.6 Å². The molecular weight excluding hydrogens is 224 g/mol. The number of aromatic nitrogens is 2. The molecule has 0 bridgehead atoms. The van der Waals surface area contributed by atoms with Gasteiger partial charge in [-0.15, -0.1) is 0 Å². The molecule has 1 aromatic rings. The van der Waals surface area contributed by atoms with E-state index in [1.807, 2.05) is 6.92 Å². The van der Waals surface area contributed by atoms with Gasteiger partial charge in [0.15, 0.2) is 0 Å². The zero-order valence-corrected chi connectivity index (χ0v) is 10.1. The first kappa shape index (κ1) is 13.7. The van der Waals surface area contributed by atoms with Crippen LogP contribution < -0.4 is 0 Å². The van der Waals surface area contributed by atoms with E-state index in [2.05, 4.69) is 5.10 Å². The summed E-state index contributed by atoms with van der Waals surface area (Å²) in [4.78, 5) is 10.7.